The number of alkyl halides is 3. The first-order valence-corrected chi connectivity index (χ1v) is 3.17. The first kappa shape index (κ1) is 10.2. The van der Waals surface area contributed by atoms with Crippen LogP contribution in [0.15, 0.2) is 11.6 Å². The molecule has 0 aliphatic heterocycles. The van der Waals surface area contributed by atoms with Crippen LogP contribution < -0.4 is 0 Å². The number of allylic oxidation sites excluding steroid dienone is 2. The SMILES string of the molecule is CC(C)/C(=C\C=N)C(F)(F)F. The van der Waals surface area contributed by atoms with Crippen LogP contribution in [0.2, 0.25) is 0 Å². The molecule has 0 fully saturated rings. The molecule has 0 spiro atoms. The summed E-state index contributed by atoms with van der Waals surface area (Å²) >= 11 is 0. The minimum atomic E-state index is -4.30. The van der Waals surface area contributed by atoms with Crippen molar-refractivity contribution in [3.8, 4) is 0 Å². The van der Waals surface area contributed by atoms with Gasteiger partial charge < -0.3 is 5.41 Å². The second-order valence-electron chi connectivity index (χ2n) is 2.44. The van der Waals surface area contributed by atoms with Gasteiger partial charge in [-0.25, -0.2) is 0 Å². The normalized spacial score (nSPS) is 13.8. The Morgan fingerprint density at radius 2 is 1.82 bits per heavy atom. The molecule has 4 heteroatoms. The molecule has 0 amide bonds. The first-order chi connectivity index (χ1) is 4.89. The lowest BCUT2D eigenvalue weighted by Crippen LogP contribution is -2.16. The summed E-state index contributed by atoms with van der Waals surface area (Å²) in [6.07, 6.45) is -2.86. The Labute approximate surface area is 63.4 Å². The van der Waals surface area contributed by atoms with Gasteiger partial charge in [0.2, 0.25) is 0 Å². The van der Waals surface area contributed by atoms with Gasteiger partial charge in [-0.15, -0.1) is 0 Å². The highest BCUT2D eigenvalue weighted by molar-refractivity contribution is 5.69. The molecular formula is C7H10F3N. The van der Waals surface area contributed by atoms with Crippen LogP contribution in [0.25, 0.3) is 0 Å². The highest BCUT2D eigenvalue weighted by Crippen LogP contribution is 2.30. The van der Waals surface area contributed by atoms with Crippen molar-refractivity contribution in [2.75, 3.05) is 0 Å². The van der Waals surface area contributed by atoms with Crippen LogP contribution in [0.1, 0.15) is 13.8 Å². The maximum atomic E-state index is 12.0. The summed E-state index contributed by atoms with van der Waals surface area (Å²) in [5.74, 6) is -0.586. The summed E-state index contributed by atoms with van der Waals surface area (Å²) < 4.78 is 36.0. The third-order valence-electron chi connectivity index (χ3n) is 1.21. The Morgan fingerprint density at radius 1 is 1.36 bits per heavy atom. The minimum Gasteiger partial charge on any atom is -0.309 e. The number of halogens is 3. The van der Waals surface area contributed by atoms with Crippen molar-refractivity contribution in [3.05, 3.63) is 11.6 Å². The second kappa shape index (κ2) is 3.55. The van der Waals surface area contributed by atoms with E-state index in [9.17, 15) is 13.2 Å². The van der Waals surface area contributed by atoms with Crippen LogP contribution in [-0.2, 0) is 0 Å². The van der Waals surface area contributed by atoms with Gasteiger partial charge in [0.25, 0.3) is 0 Å². The van der Waals surface area contributed by atoms with E-state index in [4.69, 9.17) is 5.41 Å². The fourth-order valence-electron chi connectivity index (χ4n) is 0.704. The molecule has 0 aromatic rings. The van der Waals surface area contributed by atoms with Crippen molar-refractivity contribution in [1.29, 1.82) is 5.41 Å². The molecule has 0 radical (unpaired) electrons. The summed E-state index contributed by atoms with van der Waals surface area (Å²) in [5.41, 5.74) is -0.660. The smallest absolute Gasteiger partial charge is 0.309 e. The topological polar surface area (TPSA) is 23.9 Å². The maximum absolute atomic E-state index is 12.0. The summed E-state index contributed by atoms with van der Waals surface area (Å²) in [6, 6.07) is 0. The highest BCUT2D eigenvalue weighted by atomic mass is 19.4. The van der Waals surface area contributed by atoms with Crippen LogP contribution >= 0.6 is 0 Å². The van der Waals surface area contributed by atoms with E-state index in [0.717, 1.165) is 6.08 Å². The Kier molecular flexibility index (Phi) is 3.29. The first-order valence-electron chi connectivity index (χ1n) is 3.17. The molecule has 0 aliphatic rings. The lowest BCUT2D eigenvalue weighted by molar-refractivity contribution is -0.0974. The lowest BCUT2D eigenvalue weighted by Gasteiger charge is -2.13. The fraction of sp³-hybridized carbons (Fsp3) is 0.571. The second-order valence-corrected chi connectivity index (χ2v) is 2.44. The van der Waals surface area contributed by atoms with E-state index in [-0.39, 0.29) is 0 Å². The molecule has 0 aromatic carbocycles. The molecule has 1 nitrogen and oxygen atoms in total. The van der Waals surface area contributed by atoms with Crippen LogP contribution in [-0.4, -0.2) is 12.4 Å². The zero-order valence-corrected chi connectivity index (χ0v) is 6.37. The van der Waals surface area contributed by atoms with Gasteiger partial charge in [-0.3, -0.25) is 0 Å². The van der Waals surface area contributed by atoms with Gasteiger partial charge in [-0.2, -0.15) is 13.2 Å². The van der Waals surface area contributed by atoms with Crippen LogP contribution in [0.3, 0.4) is 0 Å². The van der Waals surface area contributed by atoms with Gasteiger partial charge in [-0.05, 0) is 12.0 Å². The number of nitrogens with one attached hydrogen (secondary N) is 1. The zero-order valence-electron chi connectivity index (χ0n) is 6.37. The molecule has 11 heavy (non-hydrogen) atoms. The lowest BCUT2D eigenvalue weighted by atomic mass is 10.0. The third kappa shape index (κ3) is 3.20. The van der Waals surface area contributed by atoms with Gasteiger partial charge in [0.1, 0.15) is 0 Å². The molecule has 64 valence electrons. The molecular weight excluding hydrogens is 155 g/mol. The molecule has 0 rings (SSSR count). The summed E-state index contributed by atoms with van der Waals surface area (Å²) in [7, 11) is 0. The van der Waals surface area contributed by atoms with Crippen LogP contribution in [0.4, 0.5) is 13.2 Å². The molecule has 0 saturated carbocycles. The molecule has 0 aromatic heterocycles. The summed E-state index contributed by atoms with van der Waals surface area (Å²) in [6.45, 7) is 2.89. The largest absolute Gasteiger partial charge is 0.412 e. The summed E-state index contributed by atoms with van der Waals surface area (Å²) in [4.78, 5) is 0. The van der Waals surface area contributed by atoms with Crippen molar-refractivity contribution < 1.29 is 13.2 Å². The number of hydrogen-bond donors (Lipinski definition) is 1. The molecule has 0 bridgehead atoms. The molecule has 0 unspecified atom stereocenters. The van der Waals surface area contributed by atoms with Crippen LogP contribution in [0.5, 0.6) is 0 Å². The quantitative estimate of drug-likeness (QED) is 0.608. The third-order valence-corrected chi connectivity index (χ3v) is 1.21. The van der Waals surface area contributed by atoms with E-state index < -0.39 is 17.7 Å². The average Bonchev–Trinajstić information content (AvgIpc) is 1.79. The van der Waals surface area contributed by atoms with Crippen LogP contribution in [0, 0.1) is 11.3 Å². The fourth-order valence-corrected chi connectivity index (χ4v) is 0.704. The Balaban J connectivity index is 4.62. The van der Waals surface area contributed by atoms with Gasteiger partial charge >= 0.3 is 6.18 Å². The van der Waals surface area contributed by atoms with Gasteiger partial charge in [0, 0.05) is 11.8 Å². The van der Waals surface area contributed by atoms with Crippen molar-refractivity contribution >= 4 is 6.21 Å². The average molecular weight is 165 g/mol. The van der Waals surface area contributed by atoms with E-state index >= 15 is 0 Å². The van der Waals surface area contributed by atoms with Gasteiger partial charge in [-0.1, -0.05) is 13.8 Å². The van der Waals surface area contributed by atoms with E-state index in [1.165, 1.54) is 13.8 Å². The molecule has 0 heterocycles. The van der Waals surface area contributed by atoms with E-state index in [1.54, 1.807) is 0 Å². The Morgan fingerprint density at radius 3 is 1.91 bits per heavy atom. The number of hydrogen-bond acceptors (Lipinski definition) is 1. The van der Waals surface area contributed by atoms with Gasteiger partial charge in [0.15, 0.2) is 0 Å². The predicted octanol–water partition coefficient (Wildman–Crippen LogP) is 2.78. The molecule has 0 atom stereocenters. The Bertz CT molecular complexity index is 167. The van der Waals surface area contributed by atoms with Crippen molar-refractivity contribution in [2.24, 2.45) is 5.92 Å². The summed E-state index contributed by atoms with van der Waals surface area (Å²) in [5, 5.41) is 6.50. The zero-order chi connectivity index (χ0) is 9.07. The van der Waals surface area contributed by atoms with Gasteiger partial charge in [0.05, 0.1) is 0 Å². The molecule has 1 N–H and O–H groups in total. The van der Waals surface area contributed by atoms with Crippen molar-refractivity contribution in [2.45, 2.75) is 20.0 Å². The van der Waals surface area contributed by atoms with E-state index in [2.05, 4.69) is 0 Å². The van der Waals surface area contributed by atoms with E-state index in [0.29, 0.717) is 6.21 Å². The monoisotopic (exact) mass is 165 g/mol. The standard InChI is InChI=1S/C7H10F3N/c1-5(2)6(3-4-11)7(8,9)10/h3-5,11H,1-2H3/b6-3+,11-4?. The predicted molar refractivity (Wildman–Crippen MR) is 37.8 cm³/mol. The van der Waals surface area contributed by atoms with Crippen molar-refractivity contribution in [1.82, 2.24) is 0 Å². The Hall–Kier alpha value is -0.800. The maximum Gasteiger partial charge on any atom is 0.412 e. The number of rotatable bonds is 2. The molecule has 0 aliphatic carbocycles. The minimum absolute atomic E-state index is 0.586. The van der Waals surface area contributed by atoms with E-state index in [1.807, 2.05) is 0 Å². The molecule has 0 saturated heterocycles. The van der Waals surface area contributed by atoms with Crippen molar-refractivity contribution in [3.63, 3.8) is 0 Å². The highest BCUT2D eigenvalue weighted by Gasteiger charge is 2.34.